The standard InChI is InChI=1S/C16H24N2/c1-10(2)15-13(8-9-17-5)14-11(3)6-7-12(4)16(14)18-15/h6-7,10,17-18H,8-9H2,1-5H3. The van der Waals surface area contributed by atoms with Gasteiger partial charge < -0.3 is 10.3 Å². The summed E-state index contributed by atoms with van der Waals surface area (Å²) in [7, 11) is 2.02. The van der Waals surface area contributed by atoms with E-state index in [-0.39, 0.29) is 0 Å². The molecule has 0 radical (unpaired) electrons. The molecule has 0 bridgehead atoms. The molecule has 2 aromatic rings. The first-order chi connectivity index (χ1) is 8.56. The van der Waals surface area contributed by atoms with Crippen LogP contribution < -0.4 is 5.32 Å². The van der Waals surface area contributed by atoms with Crippen molar-refractivity contribution in [3.63, 3.8) is 0 Å². The molecule has 0 fully saturated rings. The van der Waals surface area contributed by atoms with E-state index in [1.54, 1.807) is 0 Å². The van der Waals surface area contributed by atoms with Crippen molar-refractivity contribution in [1.29, 1.82) is 0 Å². The minimum Gasteiger partial charge on any atom is -0.358 e. The van der Waals surface area contributed by atoms with Gasteiger partial charge in [0.05, 0.1) is 0 Å². The molecule has 2 N–H and O–H groups in total. The number of likely N-dealkylation sites (N-methyl/N-ethyl adjacent to an activating group) is 1. The van der Waals surface area contributed by atoms with Crippen molar-refractivity contribution in [2.24, 2.45) is 0 Å². The molecule has 2 heteroatoms. The molecule has 0 aliphatic heterocycles. The van der Waals surface area contributed by atoms with E-state index in [0.29, 0.717) is 5.92 Å². The van der Waals surface area contributed by atoms with E-state index in [2.05, 4.69) is 50.1 Å². The number of aromatic amines is 1. The van der Waals surface area contributed by atoms with Gasteiger partial charge in [0.1, 0.15) is 0 Å². The highest BCUT2D eigenvalue weighted by molar-refractivity contribution is 5.90. The molecular formula is C16H24N2. The Hall–Kier alpha value is -1.28. The molecule has 98 valence electrons. The smallest absolute Gasteiger partial charge is 0.0491 e. The maximum absolute atomic E-state index is 3.65. The minimum atomic E-state index is 0.544. The molecule has 0 atom stereocenters. The highest BCUT2D eigenvalue weighted by atomic mass is 14.8. The van der Waals surface area contributed by atoms with E-state index in [0.717, 1.165) is 13.0 Å². The minimum absolute atomic E-state index is 0.544. The molecule has 0 aliphatic rings. The van der Waals surface area contributed by atoms with Crippen LogP contribution in [-0.4, -0.2) is 18.6 Å². The van der Waals surface area contributed by atoms with Gasteiger partial charge in [-0.3, -0.25) is 0 Å². The fourth-order valence-electron chi connectivity index (χ4n) is 2.71. The summed E-state index contributed by atoms with van der Waals surface area (Å²) in [6.07, 6.45) is 1.09. The average molecular weight is 244 g/mol. The average Bonchev–Trinajstić information content (AvgIpc) is 2.72. The number of aryl methyl sites for hydroxylation is 2. The van der Waals surface area contributed by atoms with Crippen molar-refractivity contribution in [3.8, 4) is 0 Å². The summed E-state index contributed by atoms with van der Waals surface area (Å²) in [6.45, 7) is 9.95. The highest BCUT2D eigenvalue weighted by Crippen LogP contribution is 2.32. The van der Waals surface area contributed by atoms with E-state index in [1.807, 2.05) is 7.05 Å². The quantitative estimate of drug-likeness (QED) is 0.844. The molecule has 18 heavy (non-hydrogen) atoms. The Morgan fingerprint density at radius 2 is 1.83 bits per heavy atom. The third-order valence-electron chi connectivity index (χ3n) is 3.71. The number of hydrogen-bond donors (Lipinski definition) is 2. The summed E-state index contributed by atoms with van der Waals surface area (Å²) in [6, 6.07) is 4.44. The number of rotatable bonds is 4. The largest absolute Gasteiger partial charge is 0.358 e. The van der Waals surface area contributed by atoms with E-state index < -0.39 is 0 Å². The predicted octanol–water partition coefficient (Wildman–Crippen LogP) is 3.67. The Labute approximate surface area is 110 Å². The van der Waals surface area contributed by atoms with Crippen molar-refractivity contribution in [2.45, 2.75) is 40.0 Å². The molecule has 2 nitrogen and oxygen atoms in total. The second-order valence-electron chi connectivity index (χ2n) is 5.47. The number of benzene rings is 1. The molecule has 0 saturated heterocycles. The zero-order valence-corrected chi connectivity index (χ0v) is 12.1. The van der Waals surface area contributed by atoms with E-state index >= 15 is 0 Å². The number of nitrogens with one attached hydrogen (secondary N) is 2. The van der Waals surface area contributed by atoms with Gasteiger partial charge in [-0.15, -0.1) is 0 Å². The molecule has 1 aromatic heterocycles. The first-order valence-electron chi connectivity index (χ1n) is 6.81. The van der Waals surface area contributed by atoms with Crippen molar-refractivity contribution in [1.82, 2.24) is 10.3 Å². The van der Waals surface area contributed by atoms with Crippen molar-refractivity contribution >= 4 is 10.9 Å². The van der Waals surface area contributed by atoms with Crippen LogP contribution in [0.1, 0.15) is 42.1 Å². The van der Waals surface area contributed by atoms with Crippen LogP contribution in [-0.2, 0) is 6.42 Å². The summed E-state index contributed by atoms with van der Waals surface area (Å²) in [5, 5.41) is 4.70. The molecular weight excluding hydrogens is 220 g/mol. The Kier molecular flexibility index (Phi) is 3.76. The Morgan fingerprint density at radius 3 is 2.44 bits per heavy atom. The summed E-state index contributed by atoms with van der Waals surface area (Å²) < 4.78 is 0. The lowest BCUT2D eigenvalue weighted by atomic mass is 9.97. The van der Waals surface area contributed by atoms with Crippen LogP contribution in [0.3, 0.4) is 0 Å². The molecule has 2 rings (SSSR count). The third kappa shape index (κ3) is 2.17. The van der Waals surface area contributed by atoms with E-state index in [1.165, 1.54) is 33.3 Å². The molecule has 0 aliphatic carbocycles. The zero-order chi connectivity index (χ0) is 13.3. The zero-order valence-electron chi connectivity index (χ0n) is 12.1. The van der Waals surface area contributed by atoms with Gasteiger partial charge >= 0.3 is 0 Å². The maximum Gasteiger partial charge on any atom is 0.0491 e. The molecule has 0 unspecified atom stereocenters. The summed E-state index contributed by atoms with van der Waals surface area (Å²) in [4.78, 5) is 3.65. The van der Waals surface area contributed by atoms with Gasteiger partial charge in [-0.1, -0.05) is 26.0 Å². The van der Waals surface area contributed by atoms with Gasteiger partial charge in [0.25, 0.3) is 0 Å². The van der Waals surface area contributed by atoms with E-state index in [9.17, 15) is 0 Å². The lowest BCUT2D eigenvalue weighted by Crippen LogP contribution is -2.11. The normalized spacial score (nSPS) is 11.7. The first-order valence-corrected chi connectivity index (χ1v) is 6.81. The molecule has 1 heterocycles. The van der Waals surface area contributed by atoms with Crippen LogP contribution in [0.5, 0.6) is 0 Å². The predicted molar refractivity (Wildman–Crippen MR) is 79.5 cm³/mol. The lowest BCUT2D eigenvalue weighted by molar-refractivity contribution is 0.764. The Balaban J connectivity index is 2.68. The fraction of sp³-hybridized carbons (Fsp3) is 0.500. The lowest BCUT2D eigenvalue weighted by Gasteiger charge is -2.08. The van der Waals surface area contributed by atoms with Gasteiger partial charge in [-0.05, 0) is 56.5 Å². The SMILES string of the molecule is CNCCc1c(C(C)C)[nH]c2c(C)ccc(C)c12. The van der Waals surface area contributed by atoms with Gasteiger partial charge in [0.15, 0.2) is 0 Å². The molecule has 0 amide bonds. The maximum atomic E-state index is 3.65. The summed E-state index contributed by atoms with van der Waals surface area (Å²) in [5.74, 6) is 0.544. The number of H-pyrrole nitrogens is 1. The van der Waals surface area contributed by atoms with Gasteiger partial charge in [-0.2, -0.15) is 0 Å². The Bertz CT molecular complexity index is 550. The highest BCUT2D eigenvalue weighted by Gasteiger charge is 2.16. The van der Waals surface area contributed by atoms with Crippen molar-refractivity contribution in [3.05, 3.63) is 34.5 Å². The van der Waals surface area contributed by atoms with Crippen LogP contribution in [0.4, 0.5) is 0 Å². The second-order valence-corrected chi connectivity index (χ2v) is 5.47. The van der Waals surface area contributed by atoms with Crippen molar-refractivity contribution < 1.29 is 0 Å². The van der Waals surface area contributed by atoms with Gasteiger partial charge in [-0.25, -0.2) is 0 Å². The third-order valence-corrected chi connectivity index (χ3v) is 3.71. The fourth-order valence-corrected chi connectivity index (χ4v) is 2.71. The van der Waals surface area contributed by atoms with Crippen LogP contribution in [0.25, 0.3) is 10.9 Å². The summed E-state index contributed by atoms with van der Waals surface area (Å²) in [5.41, 5.74) is 6.94. The van der Waals surface area contributed by atoms with Crippen LogP contribution in [0.15, 0.2) is 12.1 Å². The Morgan fingerprint density at radius 1 is 1.17 bits per heavy atom. The number of fused-ring (bicyclic) bond motifs is 1. The second kappa shape index (κ2) is 5.15. The van der Waals surface area contributed by atoms with Crippen LogP contribution >= 0.6 is 0 Å². The van der Waals surface area contributed by atoms with E-state index in [4.69, 9.17) is 0 Å². The first kappa shape index (κ1) is 13.2. The van der Waals surface area contributed by atoms with Crippen molar-refractivity contribution in [2.75, 3.05) is 13.6 Å². The van der Waals surface area contributed by atoms with Gasteiger partial charge in [0.2, 0.25) is 0 Å². The number of hydrogen-bond acceptors (Lipinski definition) is 1. The molecule has 0 saturated carbocycles. The van der Waals surface area contributed by atoms with Gasteiger partial charge in [0, 0.05) is 16.6 Å². The molecule has 0 spiro atoms. The van der Waals surface area contributed by atoms with Crippen LogP contribution in [0.2, 0.25) is 0 Å². The topological polar surface area (TPSA) is 27.8 Å². The monoisotopic (exact) mass is 244 g/mol. The summed E-state index contributed by atoms with van der Waals surface area (Å²) >= 11 is 0. The molecule has 1 aromatic carbocycles. The van der Waals surface area contributed by atoms with Crippen LogP contribution in [0, 0.1) is 13.8 Å². The number of aromatic nitrogens is 1.